The second-order valence-corrected chi connectivity index (χ2v) is 1.97. The Hall–Kier alpha value is -1.06. The lowest BCUT2D eigenvalue weighted by Gasteiger charge is -1.96. The van der Waals surface area contributed by atoms with E-state index in [0.717, 1.165) is 5.75 Å². The van der Waals surface area contributed by atoms with Crippen LogP contribution in [0.3, 0.4) is 0 Å². The van der Waals surface area contributed by atoms with E-state index < -0.39 is 0 Å². The van der Waals surface area contributed by atoms with E-state index in [9.17, 15) is 0 Å². The highest BCUT2D eigenvalue weighted by Gasteiger charge is 1.85. The van der Waals surface area contributed by atoms with Crippen LogP contribution in [-0.4, -0.2) is 21.3 Å². The molecule has 0 amide bonds. The summed E-state index contributed by atoms with van der Waals surface area (Å²) in [5.74, 6) is 0.722. The zero-order chi connectivity index (χ0) is 9.23. The Morgan fingerprint density at radius 2 is 1.42 bits per heavy atom. The average Bonchev–Trinajstić information content (AvgIpc) is 2.08. The lowest BCUT2D eigenvalue weighted by molar-refractivity contribution is -0.178. The van der Waals surface area contributed by atoms with E-state index in [2.05, 4.69) is 9.62 Å². The Bertz CT molecular complexity index is 174. The molecule has 3 nitrogen and oxygen atoms in total. The first-order valence-corrected chi connectivity index (χ1v) is 3.51. The van der Waals surface area contributed by atoms with Crippen molar-refractivity contribution in [1.29, 1.82) is 0 Å². The predicted octanol–water partition coefficient (Wildman–Crippen LogP) is 1.89. The molecule has 68 valence electrons. The van der Waals surface area contributed by atoms with Gasteiger partial charge in [0.25, 0.3) is 0 Å². The molecule has 0 bridgehead atoms. The first kappa shape index (κ1) is 10.9. The Kier molecular flexibility index (Phi) is 7.33. The van der Waals surface area contributed by atoms with Crippen molar-refractivity contribution in [1.82, 2.24) is 0 Å². The molecule has 1 aromatic carbocycles. The van der Waals surface area contributed by atoms with Gasteiger partial charge >= 0.3 is 0 Å². The van der Waals surface area contributed by atoms with Crippen molar-refractivity contribution >= 4 is 0 Å². The van der Waals surface area contributed by atoms with Crippen LogP contribution in [0.4, 0.5) is 0 Å². The Morgan fingerprint density at radius 3 is 1.83 bits per heavy atom. The Balaban J connectivity index is 0.000000354. The summed E-state index contributed by atoms with van der Waals surface area (Å²) >= 11 is 0. The van der Waals surface area contributed by atoms with Gasteiger partial charge in [0, 0.05) is 14.2 Å². The van der Waals surface area contributed by atoms with Crippen molar-refractivity contribution in [2.45, 2.75) is 0 Å². The molecule has 3 heteroatoms. The number of ether oxygens (including phenoxy) is 1. The minimum atomic E-state index is 0.722. The molecule has 0 spiro atoms. The van der Waals surface area contributed by atoms with E-state index in [4.69, 9.17) is 4.89 Å². The van der Waals surface area contributed by atoms with Crippen LogP contribution in [0.25, 0.3) is 0 Å². The topological polar surface area (TPSA) is 27.7 Å². The van der Waals surface area contributed by atoms with Gasteiger partial charge in [0.2, 0.25) is 0 Å². The summed E-state index contributed by atoms with van der Waals surface area (Å²) in [4.78, 5) is 9.13. The van der Waals surface area contributed by atoms with Crippen LogP contribution in [0.1, 0.15) is 0 Å². The summed E-state index contributed by atoms with van der Waals surface area (Å²) in [5, 5.41) is 0. The van der Waals surface area contributed by atoms with Gasteiger partial charge in [0.1, 0.15) is 0 Å². The van der Waals surface area contributed by atoms with Gasteiger partial charge in [-0.15, -0.1) is 0 Å². The lowest BCUT2D eigenvalue weighted by Crippen LogP contribution is -1.88. The molecule has 0 aliphatic carbocycles. The molecule has 0 N–H and O–H groups in total. The maximum Gasteiger partial charge on any atom is 0.165 e. The van der Waals surface area contributed by atoms with Crippen LogP contribution in [-0.2, 0) is 9.62 Å². The predicted molar refractivity (Wildman–Crippen MR) is 47.0 cm³/mol. The van der Waals surface area contributed by atoms with E-state index in [-0.39, 0.29) is 0 Å². The largest absolute Gasteiger partial charge is 0.388 e. The van der Waals surface area contributed by atoms with Crippen molar-refractivity contribution in [2.24, 2.45) is 0 Å². The summed E-state index contributed by atoms with van der Waals surface area (Å²) < 4.78 is 4.25. The third-order valence-corrected chi connectivity index (χ3v) is 0.923. The Morgan fingerprint density at radius 1 is 0.917 bits per heavy atom. The van der Waals surface area contributed by atoms with Crippen LogP contribution >= 0.6 is 0 Å². The fraction of sp³-hybridized carbons (Fsp3) is 0.333. The summed E-state index contributed by atoms with van der Waals surface area (Å²) in [7, 11) is 4.73. The Labute approximate surface area is 72.8 Å². The van der Waals surface area contributed by atoms with E-state index in [1.807, 2.05) is 30.3 Å². The molecule has 0 unspecified atom stereocenters. The number of benzene rings is 1. The highest BCUT2D eigenvalue weighted by molar-refractivity contribution is 5.19. The molecule has 1 aromatic rings. The smallest absolute Gasteiger partial charge is 0.165 e. The van der Waals surface area contributed by atoms with Gasteiger partial charge in [-0.25, -0.2) is 0 Å². The molecule has 0 radical (unpaired) electrons. The molecule has 0 saturated heterocycles. The molecule has 0 aromatic heterocycles. The quantitative estimate of drug-likeness (QED) is 0.501. The molecule has 0 atom stereocenters. The van der Waals surface area contributed by atoms with E-state index in [1.165, 1.54) is 7.11 Å². The molecular weight excluding hydrogens is 156 g/mol. The third kappa shape index (κ3) is 5.70. The number of hydrogen-bond donors (Lipinski definition) is 0. The summed E-state index contributed by atoms with van der Waals surface area (Å²) in [6.45, 7) is 0. The van der Waals surface area contributed by atoms with Crippen LogP contribution in [0, 0.1) is 0 Å². The van der Waals surface area contributed by atoms with Gasteiger partial charge in [-0.1, -0.05) is 18.2 Å². The third-order valence-electron chi connectivity index (χ3n) is 0.923. The zero-order valence-corrected chi connectivity index (χ0v) is 7.61. The molecule has 1 rings (SSSR count). The second-order valence-electron chi connectivity index (χ2n) is 1.97. The minimum absolute atomic E-state index is 0.722. The number of hydrogen-bond acceptors (Lipinski definition) is 3. The first-order chi connectivity index (χ1) is 5.85. The van der Waals surface area contributed by atoms with Crippen molar-refractivity contribution < 1.29 is 14.5 Å². The van der Waals surface area contributed by atoms with Gasteiger partial charge in [-0.3, -0.25) is 0 Å². The van der Waals surface area contributed by atoms with Gasteiger partial charge in [-0.05, 0) is 12.1 Å². The van der Waals surface area contributed by atoms with Crippen LogP contribution in [0.15, 0.2) is 30.3 Å². The molecule has 0 aliphatic heterocycles. The maximum atomic E-state index is 4.71. The first-order valence-electron chi connectivity index (χ1n) is 3.51. The SMILES string of the molecule is COC.COOc1ccccc1. The number of methoxy groups -OCH3 is 1. The van der Waals surface area contributed by atoms with Gasteiger partial charge < -0.3 is 9.62 Å². The number of para-hydroxylation sites is 1. The van der Waals surface area contributed by atoms with E-state index in [1.54, 1.807) is 14.2 Å². The van der Waals surface area contributed by atoms with Crippen LogP contribution in [0.2, 0.25) is 0 Å². The van der Waals surface area contributed by atoms with Crippen molar-refractivity contribution in [3.63, 3.8) is 0 Å². The summed E-state index contributed by atoms with van der Waals surface area (Å²) in [6.07, 6.45) is 0. The standard InChI is InChI=1S/C7H8O2.C2H6O/c1-8-9-7-5-3-2-4-6-7;1-3-2/h2-6H,1H3;1-2H3. The number of rotatable bonds is 2. The molecule has 0 saturated carbocycles. The minimum Gasteiger partial charge on any atom is -0.388 e. The van der Waals surface area contributed by atoms with Gasteiger partial charge in [0.15, 0.2) is 5.75 Å². The van der Waals surface area contributed by atoms with Crippen molar-refractivity contribution in [3.05, 3.63) is 30.3 Å². The normalized spacial score (nSPS) is 8.25. The molecular formula is C9H14O3. The van der Waals surface area contributed by atoms with Crippen LogP contribution < -0.4 is 4.89 Å². The van der Waals surface area contributed by atoms with Gasteiger partial charge in [-0.2, -0.15) is 4.89 Å². The molecule has 0 aliphatic rings. The highest BCUT2D eigenvalue weighted by atomic mass is 17.2. The van der Waals surface area contributed by atoms with Gasteiger partial charge in [0.05, 0.1) is 7.11 Å². The molecule has 12 heavy (non-hydrogen) atoms. The fourth-order valence-corrected chi connectivity index (χ4v) is 0.572. The second kappa shape index (κ2) is 8.04. The monoisotopic (exact) mass is 170 g/mol. The van der Waals surface area contributed by atoms with E-state index in [0.29, 0.717) is 0 Å². The zero-order valence-electron chi connectivity index (χ0n) is 7.61. The molecule has 0 fully saturated rings. The molecule has 0 heterocycles. The van der Waals surface area contributed by atoms with Crippen LogP contribution in [0.5, 0.6) is 5.75 Å². The van der Waals surface area contributed by atoms with E-state index >= 15 is 0 Å². The van der Waals surface area contributed by atoms with Crippen molar-refractivity contribution in [2.75, 3.05) is 21.3 Å². The maximum absolute atomic E-state index is 4.71. The fourth-order valence-electron chi connectivity index (χ4n) is 0.572. The van der Waals surface area contributed by atoms with Crippen molar-refractivity contribution in [3.8, 4) is 5.75 Å². The highest BCUT2D eigenvalue weighted by Crippen LogP contribution is 2.07. The average molecular weight is 170 g/mol. The summed E-state index contributed by atoms with van der Waals surface area (Å²) in [6, 6.07) is 9.33. The lowest BCUT2D eigenvalue weighted by atomic mass is 10.3. The summed E-state index contributed by atoms with van der Waals surface area (Å²) in [5.41, 5.74) is 0.